The summed E-state index contributed by atoms with van der Waals surface area (Å²) in [6.07, 6.45) is 0.548. The zero-order valence-electron chi connectivity index (χ0n) is 13.0. The molecule has 0 aliphatic heterocycles. The number of amides is 1. The predicted octanol–water partition coefficient (Wildman–Crippen LogP) is 1.99. The fraction of sp³-hybridized carbons (Fsp3) is 0.562. The summed E-state index contributed by atoms with van der Waals surface area (Å²) < 4.78 is 10.8. The van der Waals surface area contributed by atoms with Crippen molar-refractivity contribution in [1.82, 2.24) is 5.32 Å². The first-order valence-electron chi connectivity index (χ1n) is 7.32. The minimum atomic E-state index is -0.184. The molecule has 5 heteroatoms. The minimum absolute atomic E-state index is 0.0357. The van der Waals surface area contributed by atoms with Crippen LogP contribution in [0, 0.1) is 5.92 Å². The lowest BCUT2D eigenvalue weighted by atomic mass is 10.0. The first-order chi connectivity index (χ1) is 10.1. The highest BCUT2D eigenvalue weighted by molar-refractivity contribution is 5.77. The molecule has 0 aromatic heterocycles. The normalized spacial score (nSPS) is 12.0. The Bertz CT molecular complexity index is 417. The van der Waals surface area contributed by atoms with Gasteiger partial charge in [-0.2, -0.15) is 0 Å². The molecule has 118 valence electrons. The number of rotatable bonds is 9. The summed E-state index contributed by atoms with van der Waals surface area (Å²) in [5.41, 5.74) is 0. The quantitative estimate of drug-likeness (QED) is 0.731. The van der Waals surface area contributed by atoms with E-state index >= 15 is 0 Å². The van der Waals surface area contributed by atoms with Gasteiger partial charge < -0.3 is 19.9 Å². The van der Waals surface area contributed by atoms with E-state index in [0.29, 0.717) is 18.8 Å². The maximum absolute atomic E-state index is 11.8. The van der Waals surface area contributed by atoms with Crippen molar-refractivity contribution < 1.29 is 19.4 Å². The van der Waals surface area contributed by atoms with Gasteiger partial charge in [-0.1, -0.05) is 13.8 Å². The van der Waals surface area contributed by atoms with E-state index in [-0.39, 0.29) is 31.1 Å². The van der Waals surface area contributed by atoms with Crippen molar-refractivity contribution in [3.05, 3.63) is 24.3 Å². The van der Waals surface area contributed by atoms with Gasteiger partial charge in [-0.25, -0.2) is 0 Å². The topological polar surface area (TPSA) is 67.8 Å². The molecule has 0 radical (unpaired) electrons. The summed E-state index contributed by atoms with van der Waals surface area (Å²) in [6.45, 7) is 6.57. The second-order valence-corrected chi connectivity index (χ2v) is 5.12. The average molecular weight is 295 g/mol. The zero-order chi connectivity index (χ0) is 15.7. The second-order valence-electron chi connectivity index (χ2n) is 5.12. The maximum atomic E-state index is 11.8. The molecule has 1 rings (SSSR count). The molecule has 1 aromatic carbocycles. The van der Waals surface area contributed by atoms with E-state index in [1.165, 1.54) is 0 Å². The lowest BCUT2D eigenvalue weighted by molar-refractivity contribution is -0.124. The van der Waals surface area contributed by atoms with Gasteiger partial charge in [0.25, 0.3) is 5.91 Å². The predicted molar refractivity (Wildman–Crippen MR) is 81.6 cm³/mol. The molecule has 2 N–H and O–H groups in total. The van der Waals surface area contributed by atoms with Gasteiger partial charge in [0.05, 0.1) is 6.61 Å². The fourth-order valence-corrected chi connectivity index (χ4v) is 1.91. The van der Waals surface area contributed by atoms with E-state index in [1.807, 2.05) is 20.8 Å². The molecule has 1 amide bonds. The molecule has 0 aliphatic rings. The van der Waals surface area contributed by atoms with Crippen LogP contribution in [0.5, 0.6) is 11.5 Å². The molecule has 0 aliphatic carbocycles. The summed E-state index contributed by atoms with van der Waals surface area (Å²) >= 11 is 0. The molecule has 5 nitrogen and oxygen atoms in total. The van der Waals surface area contributed by atoms with E-state index in [4.69, 9.17) is 14.6 Å². The van der Waals surface area contributed by atoms with Crippen LogP contribution in [0.25, 0.3) is 0 Å². The third-order valence-corrected chi connectivity index (χ3v) is 3.10. The van der Waals surface area contributed by atoms with Gasteiger partial charge in [-0.15, -0.1) is 0 Å². The highest BCUT2D eigenvalue weighted by atomic mass is 16.5. The molecule has 0 fully saturated rings. The lowest BCUT2D eigenvalue weighted by Gasteiger charge is -2.21. The number of benzene rings is 1. The van der Waals surface area contributed by atoms with E-state index in [2.05, 4.69) is 5.32 Å². The molecular formula is C16H25NO4. The Morgan fingerprint density at radius 3 is 2.24 bits per heavy atom. The van der Waals surface area contributed by atoms with Crippen LogP contribution in [0.3, 0.4) is 0 Å². The van der Waals surface area contributed by atoms with Crippen molar-refractivity contribution in [2.75, 3.05) is 19.8 Å². The Hall–Kier alpha value is -1.75. The summed E-state index contributed by atoms with van der Waals surface area (Å²) in [4.78, 5) is 11.8. The number of carbonyl (C=O) groups is 1. The second kappa shape index (κ2) is 9.23. The standard InChI is InChI=1S/C16H25NO4/c1-4-20-13-5-7-14(8-6-13)21-11-16(19)17-15(9-10-18)12(2)3/h5-8,12,15,18H,4,9-11H2,1-3H3,(H,17,19). The number of aliphatic hydroxyl groups is 1. The van der Waals surface area contributed by atoms with Gasteiger partial charge in [0.15, 0.2) is 6.61 Å². The van der Waals surface area contributed by atoms with E-state index in [9.17, 15) is 4.79 Å². The van der Waals surface area contributed by atoms with Crippen LogP contribution in [-0.4, -0.2) is 36.9 Å². The Balaban J connectivity index is 2.41. The Morgan fingerprint density at radius 2 is 1.76 bits per heavy atom. The smallest absolute Gasteiger partial charge is 0.258 e. The fourth-order valence-electron chi connectivity index (χ4n) is 1.91. The average Bonchev–Trinajstić information content (AvgIpc) is 2.46. The molecule has 0 heterocycles. The van der Waals surface area contributed by atoms with E-state index in [0.717, 1.165) is 5.75 Å². The third kappa shape index (κ3) is 6.49. The first-order valence-corrected chi connectivity index (χ1v) is 7.32. The molecule has 0 bridgehead atoms. The van der Waals surface area contributed by atoms with Gasteiger partial charge in [0.2, 0.25) is 0 Å². The highest BCUT2D eigenvalue weighted by Crippen LogP contribution is 2.17. The molecule has 1 atom stereocenters. The highest BCUT2D eigenvalue weighted by Gasteiger charge is 2.15. The number of aliphatic hydroxyl groups excluding tert-OH is 1. The molecule has 0 spiro atoms. The van der Waals surface area contributed by atoms with Crippen molar-refractivity contribution in [3.63, 3.8) is 0 Å². The van der Waals surface area contributed by atoms with E-state index in [1.54, 1.807) is 24.3 Å². The van der Waals surface area contributed by atoms with Crippen molar-refractivity contribution in [2.45, 2.75) is 33.2 Å². The SMILES string of the molecule is CCOc1ccc(OCC(=O)NC(CCO)C(C)C)cc1. The van der Waals surface area contributed by atoms with Gasteiger partial charge >= 0.3 is 0 Å². The van der Waals surface area contributed by atoms with Crippen molar-refractivity contribution in [2.24, 2.45) is 5.92 Å². The summed E-state index contributed by atoms with van der Waals surface area (Å²) in [5, 5.41) is 11.9. The van der Waals surface area contributed by atoms with Gasteiger partial charge in [-0.3, -0.25) is 4.79 Å². The van der Waals surface area contributed by atoms with Crippen molar-refractivity contribution >= 4 is 5.91 Å². The molecule has 21 heavy (non-hydrogen) atoms. The van der Waals surface area contributed by atoms with E-state index < -0.39 is 0 Å². The molecule has 1 aromatic rings. The maximum Gasteiger partial charge on any atom is 0.258 e. The monoisotopic (exact) mass is 295 g/mol. The molecule has 0 saturated carbocycles. The van der Waals surface area contributed by atoms with Crippen LogP contribution < -0.4 is 14.8 Å². The number of nitrogens with one attached hydrogen (secondary N) is 1. The summed E-state index contributed by atoms with van der Waals surface area (Å²) in [5.74, 6) is 1.48. The number of ether oxygens (including phenoxy) is 2. The van der Waals surface area contributed by atoms with Gasteiger partial charge in [0.1, 0.15) is 11.5 Å². The van der Waals surface area contributed by atoms with Gasteiger partial charge in [-0.05, 0) is 43.5 Å². The van der Waals surface area contributed by atoms with Crippen LogP contribution in [0.1, 0.15) is 27.2 Å². The molecule has 1 unspecified atom stereocenters. The van der Waals surface area contributed by atoms with Crippen molar-refractivity contribution in [3.8, 4) is 11.5 Å². The summed E-state index contributed by atoms with van der Waals surface area (Å²) in [6, 6.07) is 7.11. The van der Waals surface area contributed by atoms with Crippen LogP contribution in [0.2, 0.25) is 0 Å². The van der Waals surface area contributed by atoms with Crippen molar-refractivity contribution in [1.29, 1.82) is 0 Å². The lowest BCUT2D eigenvalue weighted by Crippen LogP contribution is -2.41. The van der Waals surface area contributed by atoms with Crippen LogP contribution >= 0.6 is 0 Å². The first kappa shape index (κ1) is 17.3. The van der Waals surface area contributed by atoms with Crippen LogP contribution in [0.15, 0.2) is 24.3 Å². The summed E-state index contributed by atoms with van der Waals surface area (Å²) in [7, 11) is 0. The van der Waals surface area contributed by atoms with Crippen LogP contribution in [0.4, 0.5) is 0 Å². The zero-order valence-corrected chi connectivity index (χ0v) is 13.0. The van der Waals surface area contributed by atoms with Crippen LogP contribution in [-0.2, 0) is 4.79 Å². The Kier molecular flexibility index (Phi) is 7.61. The number of hydrogen-bond donors (Lipinski definition) is 2. The molecule has 0 saturated heterocycles. The minimum Gasteiger partial charge on any atom is -0.494 e. The van der Waals surface area contributed by atoms with Gasteiger partial charge in [0, 0.05) is 12.6 Å². The molecular weight excluding hydrogens is 270 g/mol. The Labute approximate surface area is 126 Å². The third-order valence-electron chi connectivity index (χ3n) is 3.10. The number of hydrogen-bond acceptors (Lipinski definition) is 4. The Morgan fingerprint density at radius 1 is 1.19 bits per heavy atom. The largest absolute Gasteiger partial charge is 0.494 e. The number of carbonyl (C=O) groups excluding carboxylic acids is 1.